The maximum atomic E-state index is 12.8. The molecular weight excluding hydrogens is 333 g/mol. The Morgan fingerprint density at radius 2 is 1.92 bits per heavy atom. The van der Waals surface area contributed by atoms with Gasteiger partial charge in [-0.3, -0.25) is 4.98 Å². The van der Waals surface area contributed by atoms with Gasteiger partial charge >= 0.3 is 6.18 Å². The lowest BCUT2D eigenvalue weighted by molar-refractivity contribution is -0.137. The Kier molecular flexibility index (Phi) is 4.43. The molecule has 130 valence electrons. The second kappa shape index (κ2) is 6.54. The van der Waals surface area contributed by atoms with Gasteiger partial charge in [0.05, 0.1) is 5.56 Å². The molecule has 0 fully saturated rings. The highest BCUT2D eigenvalue weighted by Gasteiger charge is 2.31. The van der Waals surface area contributed by atoms with E-state index in [9.17, 15) is 18.3 Å². The number of hydrogen-bond acceptors (Lipinski definition) is 5. The molecule has 0 atom stereocenters. The van der Waals surface area contributed by atoms with E-state index in [-0.39, 0.29) is 5.56 Å². The molecule has 0 aliphatic carbocycles. The zero-order valence-electron chi connectivity index (χ0n) is 13.3. The topological polar surface area (TPSA) is 70.9 Å². The Hall–Kier alpha value is -2.90. The molecular formula is C17H15F3N4O. The summed E-state index contributed by atoms with van der Waals surface area (Å²) in [5.41, 5.74) is -0.446. The second-order valence-corrected chi connectivity index (χ2v) is 5.47. The van der Waals surface area contributed by atoms with E-state index in [0.717, 1.165) is 12.5 Å². The molecule has 0 bridgehead atoms. The summed E-state index contributed by atoms with van der Waals surface area (Å²) in [6.07, 6.45) is -0.475. The van der Waals surface area contributed by atoms with Gasteiger partial charge in [-0.05, 0) is 30.7 Å². The lowest BCUT2D eigenvalue weighted by Gasteiger charge is -2.12. The summed E-state index contributed by atoms with van der Waals surface area (Å²) in [6.45, 7) is 2.71. The molecule has 0 saturated heterocycles. The Labute approximate surface area is 141 Å². The van der Waals surface area contributed by atoms with Crippen LogP contribution in [-0.4, -0.2) is 26.8 Å². The normalized spacial score (nSPS) is 11.7. The Morgan fingerprint density at radius 3 is 2.60 bits per heavy atom. The summed E-state index contributed by atoms with van der Waals surface area (Å²) in [5.74, 6) is 0.0385. The number of aromatic nitrogens is 3. The van der Waals surface area contributed by atoms with Crippen molar-refractivity contribution < 1.29 is 18.3 Å². The first-order valence-corrected chi connectivity index (χ1v) is 7.66. The van der Waals surface area contributed by atoms with Crippen LogP contribution in [0.4, 0.5) is 19.0 Å². The van der Waals surface area contributed by atoms with Crippen LogP contribution in [0.5, 0.6) is 5.75 Å². The molecule has 25 heavy (non-hydrogen) atoms. The fourth-order valence-corrected chi connectivity index (χ4v) is 2.48. The zero-order valence-corrected chi connectivity index (χ0v) is 13.3. The number of aromatic hydroxyl groups is 1. The van der Waals surface area contributed by atoms with E-state index in [2.05, 4.69) is 20.5 Å². The van der Waals surface area contributed by atoms with Crippen LogP contribution < -0.4 is 5.32 Å². The van der Waals surface area contributed by atoms with Gasteiger partial charge in [0.25, 0.3) is 0 Å². The molecule has 0 saturated carbocycles. The van der Waals surface area contributed by atoms with E-state index in [4.69, 9.17) is 0 Å². The van der Waals surface area contributed by atoms with Crippen molar-refractivity contribution >= 4 is 16.6 Å². The summed E-state index contributed by atoms with van der Waals surface area (Å²) >= 11 is 0. The quantitative estimate of drug-likeness (QED) is 0.738. The number of hydrogen-bond donors (Lipinski definition) is 2. The van der Waals surface area contributed by atoms with Gasteiger partial charge in [-0.1, -0.05) is 6.92 Å². The van der Waals surface area contributed by atoms with Crippen LogP contribution >= 0.6 is 0 Å². The predicted octanol–water partition coefficient (Wildman–Crippen LogP) is 4.24. The number of fused-ring (bicyclic) bond motifs is 1. The number of alkyl halides is 3. The van der Waals surface area contributed by atoms with Crippen LogP contribution in [-0.2, 0) is 6.18 Å². The number of pyridine rings is 1. The molecule has 2 N–H and O–H groups in total. The van der Waals surface area contributed by atoms with Gasteiger partial charge < -0.3 is 10.4 Å². The fraction of sp³-hybridized carbons (Fsp3) is 0.235. The highest BCUT2D eigenvalue weighted by atomic mass is 19.4. The average Bonchev–Trinajstić information content (AvgIpc) is 2.59. The second-order valence-electron chi connectivity index (χ2n) is 5.47. The Morgan fingerprint density at radius 1 is 1.12 bits per heavy atom. The maximum absolute atomic E-state index is 12.8. The molecule has 0 radical (unpaired) electrons. The van der Waals surface area contributed by atoms with E-state index in [1.54, 1.807) is 18.5 Å². The van der Waals surface area contributed by atoms with Crippen LogP contribution in [0.2, 0.25) is 0 Å². The minimum absolute atomic E-state index is 0.179. The number of anilines is 1. The maximum Gasteiger partial charge on any atom is 0.416 e. The van der Waals surface area contributed by atoms with Crippen molar-refractivity contribution in [2.24, 2.45) is 0 Å². The number of phenols is 1. The molecule has 8 heteroatoms. The SMILES string of the molecule is CCCNc1nnc(-c2ccc(C(F)(F)F)cc2O)c2ccncc12. The van der Waals surface area contributed by atoms with Gasteiger partial charge in [0.2, 0.25) is 0 Å². The summed E-state index contributed by atoms with van der Waals surface area (Å²) in [7, 11) is 0. The van der Waals surface area contributed by atoms with Crippen molar-refractivity contribution in [3.05, 3.63) is 42.2 Å². The van der Waals surface area contributed by atoms with Gasteiger partial charge in [0.1, 0.15) is 11.4 Å². The third-order valence-corrected chi connectivity index (χ3v) is 3.70. The Bertz CT molecular complexity index is 912. The minimum Gasteiger partial charge on any atom is -0.507 e. The smallest absolute Gasteiger partial charge is 0.416 e. The molecule has 2 aromatic heterocycles. The van der Waals surface area contributed by atoms with Crippen molar-refractivity contribution in [1.29, 1.82) is 0 Å². The van der Waals surface area contributed by atoms with Crippen molar-refractivity contribution in [3.63, 3.8) is 0 Å². The first kappa shape index (κ1) is 16.9. The molecule has 2 heterocycles. The molecule has 3 aromatic rings. The summed E-state index contributed by atoms with van der Waals surface area (Å²) < 4.78 is 38.3. The van der Waals surface area contributed by atoms with Gasteiger partial charge in [0, 0.05) is 35.3 Å². The zero-order chi connectivity index (χ0) is 18.0. The summed E-state index contributed by atoms with van der Waals surface area (Å²) in [6, 6.07) is 4.48. The first-order valence-electron chi connectivity index (χ1n) is 7.66. The molecule has 0 unspecified atom stereocenters. The van der Waals surface area contributed by atoms with Gasteiger partial charge in [-0.15, -0.1) is 10.2 Å². The molecule has 3 rings (SSSR count). The van der Waals surface area contributed by atoms with E-state index >= 15 is 0 Å². The summed E-state index contributed by atoms with van der Waals surface area (Å²) in [4.78, 5) is 4.07. The minimum atomic E-state index is -4.53. The monoisotopic (exact) mass is 348 g/mol. The number of rotatable bonds is 4. The third kappa shape index (κ3) is 3.33. The van der Waals surface area contributed by atoms with Crippen LogP contribution in [0.3, 0.4) is 0 Å². The average molecular weight is 348 g/mol. The van der Waals surface area contributed by atoms with Crippen LogP contribution in [0.25, 0.3) is 22.0 Å². The molecule has 0 aliphatic heterocycles. The predicted molar refractivity (Wildman–Crippen MR) is 88.2 cm³/mol. The molecule has 5 nitrogen and oxygen atoms in total. The molecule has 1 aromatic carbocycles. The largest absolute Gasteiger partial charge is 0.507 e. The number of phenolic OH excluding ortho intramolecular Hbond substituents is 1. The standard InChI is InChI=1S/C17H15F3N4O/c1-2-6-22-16-13-9-21-7-5-11(13)15(23-24-16)12-4-3-10(8-14(12)25)17(18,19)20/h3-5,7-9,25H,2,6H2,1H3,(H,22,24). The van der Waals surface area contributed by atoms with Crippen LogP contribution in [0.1, 0.15) is 18.9 Å². The first-order chi connectivity index (χ1) is 11.9. The number of halogens is 3. The van der Waals surface area contributed by atoms with Crippen LogP contribution in [0, 0.1) is 0 Å². The summed E-state index contributed by atoms with van der Waals surface area (Å²) in [5, 5.41) is 22.7. The van der Waals surface area contributed by atoms with Gasteiger partial charge in [-0.2, -0.15) is 13.2 Å². The van der Waals surface area contributed by atoms with Crippen molar-refractivity contribution in [3.8, 4) is 17.0 Å². The number of nitrogens with zero attached hydrogens (tertiary/aromatic N) is 3. The fourth-order valence-electron chi connectivity index (χ4n) is 2.48. The van der Waals surface area contributed by atoms with Crippen LogP contribution in [0.15, 0.2) is 36.7 Å². The van der Waals surface area contributed by atoms with Crippen molar-refractivity contribution in [2.45, 2.75) is 19.5 Å². The van der Waals surface area contributed by atoms with E-state index in [1.807, 2.05) is 6.92 Å². The number of benzene rings is 1. The van der Waals surface area contributed by atoms with E-state index < -0.39 is 17.5 Å². The van der Waals surface area contributed by atoms with E-state index in [0.29, 0.717) is 34.9 Å². The highest BCUT2D eigenvalue weighted by Crippen LogP contribution is 2.38. The van der Waals surface area contributed by atoms with Crippen molar-refractivity contribution in [2.75, 3.05) is 11.9 Å². The molecule has 0 amide bonds. The highest BCUT2D eigenvalue weighted by molar-refractivity contribution is 6.00. The van der Waals surface area contributed by atoms with E-state index in [1.165, 1.54) is 6.07 Å². The Balaban J connectivity index is 2.14. The lowest BCUT2D eigenvalue weighted by Crippen LogP contribution is -2.06. The number of nitrogens with one attached hydrogen (secondary N) is 1. The third-order valence-electron chi connectivity index (χ3n) is 3.70. The van der Waals surface area contributed by atoms with Crippen molar-refractivity contribution in [1.82, 2.24) is 15.2 Å². The van der Waals surface area contributed by atoms with Gasteiger partial charge in [0.15, 0.2) is 5.82 Å². The molecule has 0 spiro atoms. The van der Waals surface area contributed by atoms with Gasteiger partial charge in [-0.25, -0.2) is 0 Å². The molecule has 0 aliphatic rings. The lowest BCUT2D eigenvalue weighted by atomic mass is 10.0.